The van der Waals surface area contributed by atoms with Gasteiger partial charge in [0, 0.05) is 6.20 Å². The fraction of sp³-hybridized carbons (Fsp3) is 0.400. The molecule has 2 nitrogen and oxygen atoms in total. The van der Waals surface area contributed by atoms with Gasteiger partial charge in [-0.3, -0.25) is 0 Å². The van der Waals surface area contributed by atoms with Gasteiger partial charge in [0.05, 0.1) is 9.88 Å². The standard InChI is InChI=1S/C15H17NOS/c1-10-16-9-14(18-10)15(17)13-7-3-6-12(8-13)11-4-2-5-11/h3,6-9,11,15,17H,2,4-5H2,1H3. The second-order valence-electron chi connectivity index (χ2n) is 4.98. The first-order chi connectivity index (χ1) is 8.74. The van der Waals surface area contributed by atoms with Gasteiger partial charge in [-0.15, -0.1) is 11.3 Å². The summed E-state index contributed by atoms with van der Waals surface area (Å²) in [5.74, 6) is 0.709. The Hall–Kier alpha value is -1.19. The lowest BCUT2D eigenvalue weighted by molar-refractivity contribution is 0.223. The molecule has 3 rings (SSSR count). The first-order valence-corrected chi connectivity index (χ1v) is 7.26. The van der Waals surface area contributed by atoms with E-state index in [2.05, 4.69) is 23.2 Å². The molecule has 0 spiro atoms. The average Bonchev–Trinajstić information content (AvgIpc) is 2.73. The summed E-state index contributed by atoms with van der Waals surface area (Å²) >= 11 is 1.56. The van der Waals surface area contributed by atoms with E-state index in [-0.39, 0.29) is 0 Å². The van der Waals surface area contributed by atoms with Gasteiger partial charge < -0.3 is 5.11 Å². The van der Waals surface area contributed by atoms with Crippen molar-refractivity contribution in [1.82, 2.24) is 4.98 Å². The Bertz CT molecular complexity index is 545. The van der Waals surface area contributed by atoms with Crippen LogP contribution in [-0.2, 0) is 0 Å². The lowest BCUT2D eigenvalue weighted by atomic mass is 9.79. The summed E-state index contributed by atoms with van der Waals surface area (Å²) < 4.78 is 0. The quantitative estimate of drug-likeness (QED) is 0.909. The van der Waals surface area contributed by atoms with E-state index in [1.165, 1.54) is 24.8 Å². The molecule has 1 aromatic carbocycles. The minimum atomic E-state index is -0.531. The molecule has 1 saturated carbocycles. The molecule has 1 unspecified atom stereocenters. The summed E-state index contributed by atoms with van der Waals surface area (Å²) in [7, 11) is 0. The maximum Gasteiger partial charge on any atom is 0.115 e. The van der Waals surface area contributed by atoms with Gasteiger partial charge in [0.2, 0.25) is 0 Å². The zero-order chi connectivity index (χ0) is 12.5. The Morgan fingerprint density at radius 1 is 1.39 bits per heavy atom. The van der Waals surface area contributed by atoms with Crippen molar-refractivity contribution >= 4 is 11.3 Å². The van der Waals surface area contributed by atoms with Gasteiger partial charge in [0.25, 0.3) is 0 Å². The summed E-state index contributed by atoms with van der Waals surface area (Å²) in [5.41, 5.74) is 2.36. The van der Waals surface area contributed by atoms with Crippen molar-refractivity contribution in [2.75, 3.05) is 0 Å². The van der Waals surface area contributed by atoms with E-state index in [4.69, 9.17) is 0 Å². The molecular formula is C15H17NOS. The van der Waals surface area contributed by atoms with E-state index in [1.54, 1.807) is 17.5 Å². The third-order valence-corrected chi connectivity index (χ3v) is 4.68. The van der Waals surface area contributed by atoms with Crippen LogP contribution in [0.4, 0.5) is 0 Å². The van der Waals surface area contributed by atoms with Gasteiger partial charge >= 0.3 is 0 Å². The van der Waals surface area contributed by atoms with Crippen LogP contribution in [0.5, 0.6) is 0 Å². The van der Waals surface area contributed by atoms with Crippen LogP contribution >= 0.6 is 11.3 Å². The molecule has 3 heteroatoms. The van der Waals surface area contributed by atoms with Gasteiger partial charge in [-0.25, -0.2) is 4.98 Å². The van der Waals surface area contributed by atoms with E-state index in [1.807, 2.05) is 13.0 Å². The summed E-state index contributed by atoms with van der Waals surface area (Å²) in [6.07, 6.45) is 5.17. The monoisotopic (exact) mass is 259 g/mol. The minimum Gasteiger partial charge on any atom is -0.383 e. The molecule has 1 heterocycles. The van der Waals surface area contributed by atoms with Crippen LogP contribution in [0.1, 0.15) is 52.3 Å². The highest BCUT2D eigenvalue weighted by Crippen LogP contribution is 2.37. The number of aliphatic hydroxyl groups is 1. The molecule has 1 fully saturated rings. The Kier molecular flexibility index (Phi) is 3.18. The van der Waals surface area contributed by atoms with Crippen molar-refractivity contribution < 1.29 is 5.11 Å². The van der Waals surface area contributed by atoms with Crippen molar-refractivity contribution in [2.45, 2.75) is 38.2 Å². The summed E-state index contributed by atoms with van der Waals surface area (Å²) in [5, 5.41) is 11.4. The molecule has 18 heavy (non-hydrogen) atoms. The third kappa shape index (κ3) is 2.20. The molecule has 0 radical (unpaired) electrons. The average molecular weight is 259 g/mol. The van der Waals surface area contributed by atoms with E-state index in [9.17, 15) is 5.11 Å². The van der Waals surface area contributed by atoms with Crippen LogP contribution in [0.3, 0.4) is 0 Å². The van der Waals surface area contributed by atoms with Gasteiger partial charge in [-0.05, 0) is 36.8 Å². The van der Waals surface area contributed by atoms with Crippen molar-refractivity contribution in [2.24, 2.45) is 0 Å². The number of aryl methyl sites for hydroxylation is 1. The number of hydrogen-bond acceptors (Lipinski definition) is 3. The minimum absolute atomic E-state index is 0.531. The van der Waals surface area contributed by atoms with Crippen LogP contribution in [0.2, 0.25) is 0 Å². The van der Waals surface area contributed by atoms with Gasteiger partial charge in [-0.1, -0.05) is 30.7 Å². The maximum atomic E-state index is 10.4. The molecule has 1 aliphatic rings. The normalized spacial score (nSPS) is 17.4. The Balaban J connectivity index is 1.86. The van der Waals surface area contributed by atoms with Crippen LogP contribution in [0, 0.1) is 6.92 Å². The highest BCUT2D eigenvalue weighted by molar-refractivity contribution is 7.11. The summed E-state index contributed by atoms with van der Waals surface area (Å²) in [6.45, 7) is 1.96. The van der Waals surface area contributed by atoms with Gasteiger partial charge in [-0.2, -0.15) is 0 Å². The predicted octanol–water partition coefficient (Wildman–Crippen LogP) is 3.80. The van der Waals surface area contributed by atoms with Crippen molar-refractivity contribution in [3.05, 3.63) is 51.5 Å². The fourth-order valence-electron chi connectivity index (χ4n) is 2.39. The van der Waals surface area contributed by atoms with Crippen molar-refractivity contribution in [3.63, 3.8) is 0 Å². The number of thiazole rings is 1. The second kappa shape index (κ2) is 4.82. The van der Waals surface area contributed by atoms with Crippen molar-refractivity contribution in [1.29, 1.82) is 0 Å². The maximum absolute atomic E-state index is 10.4. The second-order valence-corrected chi connectivity index (χ2v) is 6.25. The lowest BCUT2D eigenvalue weighted by Crippen LogP contribution is -2.09. The summed E-state index contributed by atoms with van der Waals surface area (Å²) in [6, 6.07) is 8.39. The zero-order valence-electron chi connectivity index (χ0n) is 10.5. The highest BCUT2D eigenvalue weighted by atomic mass is 32.1. The molecule has 1 aliphatic carbocycles. The number of aromatic nitrogens is 1. The first kappa shape index (κ1) is 11.9. The molecule has 1 N–H and O–H groups in total. The van der Waals surface area contributed by atoms with Crippen molar-refractivity contribution in [3.8, 4) is 0 Å². The number of benzene rings is 1. The molecule has 2 aromatic rings. The molecule has 1 atom stereocenters. The molecule has 94 valence electrons. The Morgan fingerprint density at radius 2 is 2.22 bits per heavy atom. The molecule has 0 aliphatic heterocycles. The molecule has 1 aromatic heterocycles. The lowest BCUT2D eigenvalue weighted by Gasteiger charge is -2.26. The van der Waals surface area contributed by atoms with E-state index in [0.717, 1.165) is 15.4 Å². The zero-order valence-corrected chi connectivity index (χ0v) is 11.3. The van der Waals surface area contributed by atoms with Gasteiger partial charge in [0.1, 0.15) is 6.10 Å². The molecule has 0 amide bonds. The number of aliphatic hydroxyl groups excluding tert-OH is 1. The molecule has 0 saturated heterocycles. The van der Waals surface area contributed by atoms with Gasteiger partial charge in [0.15, 0.2) is 0 Å². The summed E-state index contributed by atoms with van der Waals surface area (Å²) in [4.78, 5) is 5.14. The molecule has 0 bridgehead atoms. The van der Waals surface area contributed by atoms with E-state index in [0.29, 0.717) is 5.92 Å². The smallest absolute Gasteiger partial charge is 0.115 e. The molecular weight excluding hydrogens is 242 g/mol. The van der Waals surface area contributed by atoms with E-state index < -0.39 is 6.10 Å². The fourth-order valence-corrected chi connectivity index (χ4v) is 3.19. The SMILES string of the molecule is Cc1ncc(C(O)c2cccc(C3CCC3)c2)s1. The number of nitrogens with zero attached hydrogens (tertiary/aromatic N) is 1. The van der Waals surface area contributed by atoms with Crippen LogP contribution in [-0.4, -0.2) is 10.1 Å². The topological polar surface area (TPSA) is 33.1 Å². The highest BCUT2D eigenvalue weighted by Gasteiger charge is 2.21. The Morgan fingerprint density at radius 3 is 2.83 bits per heavy atom. The first-order valence-electron chi connectivity index (χ1n) is 6.44. The largest absolute Gasteiger partial charge is 0.383 e. The Labute approximate surface area is 111 Å². The van der Waals surface area contributed by atoms with Crippen LogP contribution < -0.4 is 0 Å². The van der Waals surface area contributed by atoms with Crippen LogP contribution in [0.25, 0.3) is 0 Å². The number of rotatable bonds is 3. The van der Waals surface area contributed by atoms with Crippen LogP contribution in [0.15, 0.2) is 30.5 Å². The van der Waals surface area contributed by atoms with E-state index >= 15 is 0 Å². The number of hydrogen-bond donors (Lipinski definition) is 1. The predicted molar refractivity (Wildman–Crippen MR) is 73.9 cm³/mol. The third-order valence-electron chi connectivity index (χ3n) is 3.71.